The molecule has 0 unspecified atom stereocenters. The fourth-order valence-electron chi connectivity index (χ4n) is 4.49. The van der Waals surface area contributed by atoms with E-state index >= 15 is 0 Å². The molecular formula is C30H19N11O14S. The van der Waals surface area contributed by atoms with Crippen LogP contribution in [-0.4, -0.2) is 54.4 Å². The summed E-state index contributed by atoms with van der Waals surface area (Å²) >= 11 is 0. The third-order valence-corrected chi connectivity index (χ3v) is 8.06. The van der Waals surface area contributed by atoms with Crippen molar-refractivity contribution in [3.8, 4) is 11.5 Å². The number of carbonyl (C=O) groups is 1. The number of non-ortho nitro benzene ring substituents is 2. The highest BCUT2D eigenvalue weighted by Crippen LogP contribution is 2.49. The predicted octanol–water partition coefficient (Wildman–Crippen LogP) is 6.41. The molecule has 0 saturated carbocycles. The van der Waals surface area contributed by atoms with Gasteiger partial charge in [-0.15, -0.1) is 10.2 Å². The molecule has 5 N–H and O–H groups in total. The van der Waals surface area contributed by atoms with Crippen LogP contribution in [0.1, 0.15) is 0 Å². The first kappa shape index (κ1) is 38.8. The molecule has 0 radical (unpaired) electrons. The molecule has 0 aliphatic heterocycles. The number of ketones is 1. The minimum Gasteiger partial charge on any atom is -0.504 e. The fraction of sp³-hybridized carbons (Fsp3) is 0. The van der Waals surface area contributed by atoms with E-state index in [1.54, 1.807) is 0 Å². The number of nitro benzene ring substituents is 2. The number of anilines is 3. The highest BCUT2D eigenvalue weighted by molar-refractivity contribution is 7.86. The van der Waals surface area contributed by atoms with Crippen LogP contribution in [0.5, 0.6) is 11.5 Å². The number of hydrogen-bond donors (Lipinski definition) is 5. The van der Waals surface area contributed by atoms with Gasteiger partial charge in [-0.2, -0.15) is 23.7 Å². The molecule has 0 spiro atoms. The molecule has 56 heavy (non-hydrogen) atoms. The van der Waals surface area contributed by atoms with E-state index in [0.717, 1.165) is 30.3 Å². The number of nitrogens with one attached hydrogen (secondary N) is 2. The van der Waals surface area contributed by atoms with Gasteiger partial charge in [-0.1, -0.05) is 0 Å². The first-order valence-corrected chi connectivity index (χ1v) is 16.3. The summed E-state index contributed by atoms with van der Waals surface area (Å²) in [5.41, 5.74) is -3.00. The van der Waals surface area contributed by atoms with Gasteiger partial charge in [0.25, 0.3) is 33.0 Å². The van der Waals surface area contributed by atoms with Gasteiger partial charge in [-0.25, -0.2) is 0 Å². The minimum absolute atomic E-state index is 0.0201. The van der Waals surface area contributed by atoms with Crippen LogP contribution in [-0.2, 0) is 14.9 Å². The zero-order valence-electron chi connectivity index (χ0n) is 27.3. The molecule has 0 bridgehead atoms. The topological polar surface area (TPSA) is 370 Å². The van der Waals surface area contributed by atoms with E-state index < -0.39 is 91.8 Å². The molecule has 5 rings (SSSR count). The first-order valence-electron chi connectivity index (χ1n) is 14.8. The van der Waals surface area contributed by atoms with Crippen molar-refractivity contribution in [2.24, 2.45) is 25.6 Å². The van der Waals surface area contributed by atoms with Gasteiger partial charge in [0, 0.05) is 36.0 Å². The molecule has 1 aliphatic rings. The number of hydrogen-bond acceptors (Lipinski definition) is 20. The molecule has 0 amide bonds. The van der Waals surface area contributed by atoms with E-state index in [0.29, 0.717) is 18.2 Å². The quantitative estimate of drug-likeness (QED) is 0.0186. The Kier molecular flexibility index (Phi) is 10.9. The third kappa shape index (κ3) is 8.79. The van der Waals surface area contributed by atoms with Crippen molar-refractivity contribution in [3.05, 3.63) is 137 Å². The van der Waals surface area contributed by atoms with Gasteiger partial charge in [-0.3, -0.25) is 55.2 Å². The van der Waals surface area contributed by atoms with E-state index in [4.69, 9.17) is 0 Å². The molecule has 4 aromatic carbocycles. The average Bonchev–Trinajstić information content (AvgIpc) is 3.14. The lowest BCUT2D eigenvalue weighted by Gasteiger charge is -2.11. The van der Waals surface area contributed by atoms with Crippen molar-refractivity contribution < 1.29 is 47.7 Å². The number of Topliss-reactive ketones (excluding diaryl/α,β-unsaturated/α-hetero) is 1. The Bertz CT molecular complexity index is 2610. The summed E-state index contributed by atoms with van der Waals surface area (Å²) in [4.78, 5) is 52.9. The van der Waals surface area contributed by atoms with E-state index in [1.165, 1.54) is 36.4 Å². The summed E-state index contributed by atoms with van der Waals surface area (Å²) in [6.45, 7) is 0. The Hall–Kier alpha value is -8.39. The van der Waals surface area contributed by atoms with Gasteiger partial charge >= 0.3 is 5.70 Å². The molecule has 25 nitrogen and oxygen atoms in total. The maximum absolute atomic E-state index is 12.6. The molecule has 0 heterocycles. The summed E-state index contributed by atoms with van der Waals surface area (Å²) in [6.07, 6.45) is 1.06. The molecule has 0 atom stereocenters. The largest absolute Gasteiger partial charge is 0.504 e. The summed E-state index contributed by atoms with van der Waals surface area (Å²) in [5.74, 6) is -3.06. The van der Waals surface area contributed by atoms with E-state index in [9.17, 15) is 68.4 Å². The normalized spacial score (nSPS) is 13.7. The standard InChI is InChI=1S/C30H19N11O14S/c42-28-22(11-20(40(49)50)12-25(28)41(51)52)35-36-24-14-23(29(43)27(30(24)44)37-33-17-5-7-18(8-6-17)38(45)46)34-32-16-3-1-15(2-4-16)31-21-10-9-19(39(47)48)13-26(21)56(53,54)55/h1-14,31,36,43-44H,(H,53,54,55)/b34-32?,35-22-,37-33?. The number of benzene rings is 4. The number of rotatable bonds is 13. The molecule has 0 aromatic heterocycles. The summed E-state index contributed by atoms with van der Waals surface area (Å²) in [7, 11) is -4.89. The van der Waals surface area contributed by atoms with Gasteiger partial charge in [-0.05, 0) is 48.5 Å². The maximum atomic E-state index is 12.6. The van der Waals surface area contributed by atoms with Crippen LogP contribution in [0.2, 0.25) is 0 Å². The van der Waals surface area contributed by atoms with Crippen LogP contribution in [0, 0.1) is 40.5 Å². The zero-order chi connectivity index (χ0) is 40.9. The van der Waals surface area contributed by atoms with Crippen molar-refractivity contribution in [2.75, 3.05) is 10.7 Å². The Morgan fingerprint density at radius 2 is 1.23 bits per heavy atom. The zero-order valence-corrected chi connectivity index (χ0v) is 28.2. The van der Waals surface area contributed by atoms with Crippen LogP contribution < -0.4 is 10.7 Å². The van der Waals surface area contributed by atoms with Crippen molar-refractivity contribution in [1.29, 1.82) is 0 Å². The van der Waals surface area contributed by atoms with Gasteiger partial charge < -0.3 is 15.5 Å². The number of carbonyl (C=O) groups excluding carboxylic acids is 1. The lowest BCUT2D eigenvalue weighted by Crippen LogP contribution is -2.25. The smallest absolute Gasteiger partial charge is 0.325 e. The van der Waals surface area contributed by atoms with Gasteiger partial charge in [0.15, 0.2) is 17.2 Å². The second kappa shape index (κ2) is 15.7. The van der Waals surface area contributed by atoms with Crippen LogP contribution >= 0.6 is 0 Å². The number of nitrogens with zero attached hydrogens (tertiary/aromatic N) is 9. The maximum Gasteiger partial charge on any atom is 0.325 e. The first-order chi connectivity index (χ1) is 26.4. The van der Waals surface area contributed by atoms with Crippen LogP contribution in [0.15, 0.2) is 127 Å². The summed E-state index contributed by atoms with van der Waals surface area (Å²) in [6, 6.07) is 13.7. The van der Waals surface area contributed by atoms with E-state index in [2.05, 4.69) is 36.3 Å². The number of phenolic OH excluding ortho intramolecular Hbond substituents is 2. The van der Waals surface area contributed by atoms with Gasteiger partial charge in [0.05, 0.1) is 42.8 Å². The van der Waals surface area contributed by atoms with Crippen molar-refractivity contribution in [3.63, 3.8) is 0 Å². The van der Waals surface area contributed by atoms with Gasteiger partial charge in [0.1, 0.15) is 22.0 Å². The van der Waals surface area contributed by atoms with Gasteiger partial charge in [0.2, 0.25) is 0 Å². The van der Waals surface area contributed by atoms with Crippen molar-refractivity contribution in [2.45, 2.75) is 4.90 Å². The van der Waals surface area contributed by atoms with Crippen LogP contribution in [0.3, 0.4) is 0 Å². The average molecular weight is 790 g/mol. The number of phenols is 2. The molecule has 0 fully saturated rings. The Labute approximate surface area is 309 Å². The molecule has 284 valence electrons. The highest BCUT2D eigenvalue weighted by atomic mass is 32.2. The Balaban J connectivity index is 1.50. The number of aromatic hydroxyl groups is 2. The molecule has 26 heteroatoms. The molecular weight excluding hydrogens is 770 g/mol. The van der Waals surface area contributed by atoms with Crippen molar-refractivity contribution >= 4 is 72.8 Å². The fourth-order valence-corrected chi connectivity index (χ4v) is 5.15. The highest BCUT2D eigenvalue weighted by Gasteiger charge is 2.34. The lowest BCUT2D eigenvalue weighted by atomic mass is 10.1. The second-order valence-electron chi connectivity index (χ2n) is 10.8. The monoisotopic (exact) mass is 789 g/mol. The number of allylic oxidation sites excluding steroid dienone is 3. The lowest BCUT2D eigenvalue weighted by molar-refractivity contribution is -0.430. The Morgan fingerprint density at radius 3 is 1.80 bits per heavy atom. The number of azo groups is 2. The number of nitro groups is 4. The minimum atomic E-state index is -4.89. The van der Waals surface area contributed by atoms with Crippen LogP contribution in [0.25, 0.3) is 0 Å². The molecule has 4 aromatic rings. The van der Waals surface area contributed by atoms with E-state index in [1.807, 2.05) is 0 Å². The van der Waals surface area contributed by atoms with E-state index in [-0.39, 0.29) is 28.4 Å². The predicted molar refractivity (Wildman–Crippen MR) is 190 cm³/mol. The van der Waals surface area contributed by atoms with Crippen molar-refractivity contribution in [1.82, 2.24) is 0 Å². The third-order valence-electron chi connectivity index (χ3n) is 7.17. The number of hydrazone groups is 1. The Morgan fingerprint density at radius 1 is 0.643 bits per heavy atom. The summed E-state index contributed by atoms with van der Waals surface area (Å²) < 4.78 is 33.3. The molecule has 0 saturated heterocycles. The van der Waals surface area contributed by atoms with Crippen LogP contribution in [0.4, 0.5) is 51.2 Å². The second-order valence-corrected chi connectivity index (χ2v) is 12.2. The SMILES string of the molecule is O=C1C([N+](=O)[O-])=CC([N+](=O)[O-])=C/C1=N/Nc1cc(N=Nc2ccc(Nc3ccc([N+](=O)[O-])cc3S(=O)(=O)O)cc2)c(O)c(N=Nc2ccc([N+](=O)[O-])cc2)c1O. The molecule has 1 aliphatic carbocycles. The summed E-state index contributed by atoms with van der Waals surface area (Å²) in [5, 5.41) is 88.6.